The van der Waals surface area contributed by atoms with Crippen molar-refractivity contribution >= 4 is 40.2 Å². The number of thiophene rings is 1. The first-order valence-corrected chi connectivity index (χ1v) is 10.4. The quantitative estimate of drug-likeness (QED) is 0.473. The van der Waals surface area contributed by atoms with Crippen molar-refractivity contribution in [2.24, 2.45) is 5.73 Å². The highest BCUT2D eigenvalue weighted by Gasteiger charge is 2.19. The molecule has 0 saturated heterocycles. The predicted molar refractivity (Wildman–Crippen MR) is 113 cm³/mol. The number of rotatable bonds is 5. The molecule has 0 spiro atoms. The second kappa shape index (κ2) is 7.31. The Labute approximate surface area is 169 Å². The van der Waals surface area contributed by atoms with Crippen LogP contribution in [0.15, 0.2) is 53.2 Å². The number of amides is 1. The highest BCUT2D eigenvalue weighted by Crippen LogP contribution is 2.34. The normalized spacial score (nSPS) is 11.0. The molecule has 3 heterocycles. The first kappa shape index (κ1) is 18.0. The number of halogens is 1. The van der Waals surface area contributed by atoms with Gasteiger partial charge in [-0.3, -0.25) is 4.79 Å². The van der Waals surface area contributed by atoms with Gasteiger partial charge in [-0.1, -0.05) is 35.9 Å². The van der Waals surface area contributed by atoms with Gasteiger partial charge in [-0.2, -0.15) is 0 Å². The molecule has 0 radical (unpaired) electrons. The van der Waals surface area contributed by atoms with Crippen molar-refractivity contribution in [3.63, 3.8) is 0 Å². The monoisotopic (exact) mass is 413 g/mol. The fourth-order valence-electron chi connectivity index (χ4n) is 3.02. The van der Waals surface area contributed by atoms with Gasteiger partial charge < -0.3 is 10.3 Å². The Balaban J connectivity index is 1.80. The van der Waals surface area contributed by atoms with Crippen molar-refractivity contribution in [2.75, 3.05) is 0 Å². The summed E-state index contributed by atoms with van der Waals surface area (Å²) in [6, 6.07) is 13.6. The highest BCUT2D eigenvalue weighted by molar-refractivity contribution is 7.13. The lowest BCUT2D eigenvalue weighted by Crippen LogP contribution is -2.12. The average Bonchev–Trinajstić information content (AvgIpc) is 3.37. The van der Waals surface area contributed by atoms with Crippen LogP contribution >= 0.6 is 34.3 Å². The molecule has 4 rings (SSSR count). The molecule has 0 unspecified atom stereocenters. The molecule has 7 heteroatoms. The minimum Gasteiger partial charge on any atom is -0.366 e. The van der Waals surface area contributed by atoms with E-state index < -0.39 is 5.91 Å². The molecule has 0 saturated carbocycles. The maximum atomic E-state index is 11.9. The first-order chi connectivity index (χ1) is 13.0. The van der Waals surface area contributed by atoms with Crippen molar-refractivity contribution in [1.29, 1.82) is 0 Å². The van der Waals surface area contributed by atoms with Crippen LogP contribution in [0.4, 0.5) is 0 Å². The van der Waals surface area contributed by atoms with E-state index in [4.69, 9.17) is 22.3 Å². The summed E-state index contributed by atoms with van der Waals surface area (Å²) in [7, 11) is 0. The number of primary amides is 1. The number of hydrogen-bond donors (Lipinski definition) is 1. The molecule has 136 valence electrons. The van der Waals surface area contributed by atoms with E-state index in [0.717, 1.165) is 27.7 Å². The van der Waals surface area contributed by atoms with Crippen LogP contribution in [0.1, 0.15) is 20.9 Å². The summed E-state index contributed by atoms with van der Waals surface area (Å²) >= 11 is 9.52. The van der Waals surface area contributed by atoms with E-state index in [0.29, 0.717) is 17.1 Å². The minimum atomic E-state index is -0.430. The third kappa shape index (κ3) is 3.43. The highest BCUT2D eigenvalue weighted by atomic mass is 35.5. The van der Waals surface area contributed by atoms with E-state index in [2.05, 4.69) is 10.6 Å². The van der Waals surface area contributed by atoms with Crippen LogP contribution in [0.3, 0.4) is 0 Å². The number of nitrogens with zero attached hydrogens (tertiary/aromatic N) is 2. The van der Waals surface area contributed by atoms with Gasteiger partial charge in [0.05, 0.1) is 28.5 Å². The van der Waals surface area contributed by atoms with Gasteiger partial charge >= 0.3 is 0 Å². The molecule has 4 nitrogen and oxygen atoms in total. The molecular formula is C20H16ClN3OS2. The third-order valence-electron chi connectivity index (χ3n) is 4.40. The molecule has 4 aromatic rings. The molecule has 1 amide bonds. The first-order valence-electron chi connectivity index (χ1n) is 8.27. The predicted octanol–water partition coefficient (Wildman–Crippen LogP) is 5.45. The Morgan fingerprint density at radius 1 is 1.22 bits per heavy atom. The van der Waals surface area contributed by atoms with E-state index in [-0.39, 0.29) is 0 Å². The smallest absolute Gasteiger partial charge is 0.250 e. The van der Waals surface area contributed by atoms with E-state index in [1.807, 2.05) is 54.1 Å². The third-order valence-corrected chi connectivity index (χ3v) is 6.46. The van der Waals surface area contributed by atoms with Crippen LogP contribution in [0.5, 0.6) is 0 Å². The average molecular weight is 414 g/mol. The number of benzene rings is 1. The van der Waals surface area contributed by atoms with E-state index in [9.17, 15) is 4.79 Å². The van der Waals surface area contributed by atoms with E-state index in [1.54, 1.807) is 11.3 Å². The SMILES string of the molecule is Cc1c(C(N)=O)cc(-c2csc(-c3ccccc3Cl)n2)n1Cc1cccs1. The van der Waals surface area contributed by atoms with Crippen molar-refractivity contribution in [2.45, 2.75) is 13.5 Å². The molecule has 0 aliphatic carbocycles. The number of thiazole rings is 1. The number of carbonyl (C=O) groups excluding carboxylic acids is 1. The maximum Gasteiger partial charge on any atom is 0.250 e. The molecular weight excluding hydrogens is 398 g/mol. The van der Waals surface area contributed by atoms with Crippen molar-refractivity contribution < 1.29 is 4.79 Å². The summed E-state index contributed by atoms with van der Waals surface area (Å²) in [5, 5.41) is 5.55. The topological polar surface area (TPSA) is 60.9 Å². The summed E-state index contributed by atoms with van der Waals surface area (Å²) in [5.74, 6) is -0.430. The molecule has 1 aromatic carbocycles. The summed E-state index contributed by atoms with van der Waals surface area (Å²) in [6.45, 7) is 2.59. The number of nitrogens with two attached hydrogens (primary N) is 1. The Morgan fingerprint density at radius 2 is 2.04 bits per heavy atom. The van der Waals surface area contributed by atoms with Crippen molar-refractivity contribution in [1.82, 2.24) is 9.55 Å². The summed E-state index contributed by atoms with van der Waals surface area (Å²) in [5.41, 5.74) is 9.54. The van der Waals surface area contributed by atoms with E-state index in [1.165, 1.54) is 16.2 Å². The Hall–Kier alpha value is -2.41. The molecule has 0 bridgehead atoms. The largest absolute Gasteiger partial charge is 0.366 e. The second-order valence-electron chi connectivity index (χ2n) is 6.08. The lowest BCUT2D eigenvalue weighted by Gasteiger charge is -2.09. The van der Waals surface area contributed by atoms with Gasteiger partial charge in [-0.25, -0.2) is 4.98 Å². The van der Waals surface area contributed by atoms with Gasteiger partial charge in [0, 0.05) is 21.5 Å². The van der Waals surface area contributed by atoms with Crippen molar-refractivity contribution in [3.05, 3.63) is 74.4 Å². The molecule has 27 heavy (non-hydrogen) atoms. The lowest BCUT2D eigenvalue weighted by atomic mass is 10.2. The Kier molecular flexibility index (Phi) is 4.86. The van der Waals surface area contributed by atoms with Crippen LogP contribution < -0.4 is 5.73 Å². The zero-order chi connectivity index (χ0) is 19.0. The zero-order valence-corrected chi connectivity index (χ0v) is 16.9. The van der Waals surface area contributed by atoms with Crippen LogP contribution in [-0.4, -0.2) is 15.5 Å². The van der Waals surface area contributed by atoms with Gasteiger partial charge in [0.2, 0.25) is 0 Å². The van der Waals surface area contributed by atoms with Crippen LogP contribution in [-0.2, 0) is 6.54 Å². The summed E-state index contributed by atoms with van der Waals surface area (Å²) < 4.78 is 2.09. The summed E-state index contributed by atoms with van der Waals surface area (Å²) in [4.78, 5) is 17.8. The number of aromatic nitrogens is 2. The van der Waals surface area contributed by atoms with Crippen LogP contribution in [0.25, 0.3) is 22.0 Å². The molecule has 0 fully saturated rings. The second-order valence-corrected chi connectivity index (χ2v) is 8.37. The summed E-state index contributed by atoms with van der Waals surface area (Å²) in [6.07, 6.45) is 0. The van der Waals surface area contributed by atoms with Gasteiger partial charge in [-0.15, -0.1) is 22.7 Å². The van der Waals surface area contributed by atoms with Crippen LogP contribution in [0.2, 0.25) is 5.02 Å². The fourth-order valence-corrected chi connectivity index (χ4v) is 4.85. The van der Waals surface area contributed by atoms with Gasteiger partial charge in [-0.05, 0) is 30.5 Å². The lowest BCUT2D eigenvalue weighted by molar-refractivity contribution is 0.0999. The minimum absolute atomic E-state index is 0.430. The molecule has 0 aliphatic heterocycles. The Bertz CT molecular complexity index is 1110. The van der Waals surface area contributed by atoms with Crippen molar-refractivity contribution in [3.8, 4) is 22.0 Å². The van der Waals surface area contributed by atoms with Crippen LogP contribution in [0, 0.1) is 6.92 Å². The molecule has 0 aliphatic rings. The number of carbonyl (C=O) groups is 1. The molecule has 2 N–H and O–H groups in total. The number of hydrogen-bond acceptors (Lipinski definition) is 4. The Morgan fingerprint density at radius 3 is 2.74 bits per heavy atom. The molecule has 3 aromatic heterocycles. The molecule has 0 atom stereocenters. The van der Waals surface area contributed by atoms with Gasteiger partial charge in [0.1, 0.15) is 5.01 Å². The van der Waals surface area contributed by atoms with E-state index >= 15 is 0 Å². The van der Waals surface area contributed by atoms with Gasteiger partial charge in [0.15, 0.2) is 0 Å². The van der Waals surface area contributed by atoms with Gasteiger partial charge in [0.25, 0.3) is 5.91 Å². The standard InChI is InChI=1S/C20H16ClN3OS2/c1-12-15(19(22)25)9-18(24(12)10-13-5-4-8-26-13)17-11-27-20(23-17)14-6-2-3-7-16(14)21/h2-9,11H,10H2,1H3,(H2,22,25). The maximum absolute atomic E-state index is 11.9. The zero-order valence-electron chi connectivity index (χ0n) is 14.5. The fraction of sp³-hybridized carbons (Fsp3) is 0.100.